The van der Waals surface area contributed by atoms with E-state index >= 15 is 0 Å². The SMILES string of the molecule is COC(=O)/C=C/C(=O)N[C@H]1CC[C@]2(O)[C@H]3Cc4ccc(O)c5c4[C@@]2(CCN3CC2CC2)[C@H]1O5. The Hall–Kier alpha value is -2.58. The van der Waals surface area contributed by atoms with Crippen LogP contribution in [0.4, 0.5) is 0 Å². The number of carbonyl (C=O) groups is 2. The molecule has 6 rings (SSSR count). The van der Waals surface area contributed by atoms with Crippen molar-refractivity contribution in [3.63, 3.8) is 0 Å². The number of ether oxygens (including phenoxy) is 2. The fourth-order valence-corrected chi connectivity index (χ4v) is 7.07. The van der Waals surface area contributed by atoms with E-state index in [0.29, 0.717) is 25.0 Å². The van der Waals surface area contributed by atoms with Crippen molar-refractivity contribution < 1.29 is 29.3 Å². The lowest BCUT2D eigenvalue weighted by molar-refractivity contribution is -0.192. The van der Waals surface area contributed by atoms with Crippen molar-refractivity contribution >= 4 is 11.9 Å². The smallest absolute Gasteiger partial charge is 0.330 e. The zero-order valence-corrected chi connectivity index (χ0v) is 18.8. The zero-order chi connectivity index (χ0) is 23.0. The van der Waals surface area contributed by atoms with Crippen molar-refractivity contribution in [2.75, 3.05) is 20.2 Å². The molecule has 0 unspecified atom stereocenters. The van der Waals surface area contributed by atoms with Gasteiger partial charge in [0.1, 0.15) is 6.10 Å². The first-order valence-electron chi connectivity index (χ1n) is 11.9. The fourth-order valence-electron chi connectivity index (χ4n) is 7.07. The number of methoxy groups -OCH3 is 1. The number of aromatic hydroxyl groups is 1. The number of nitrogens with zero attached hydrogens (tertiary/aromatic N) is 1. The van der Waals surface area contributed by atoms with Crippen molar-refractivity contribution in [1.29, 1.82) is 0 Å². The second kappa shape index (κ2) is 7.21. The maximum Gasteiger partial charge on any atom is 0.330 e. The number of phenols is 1. The van der Waals surface area contributed by atoms with Gasteiger partial charge in [-0.2, -0.15) is 0 Å². The topological polar surface area (TPSA) is 108 Å². The van der Waals surface area contributed by atoms with Crippen LogP contribution < -0.4 is 10.1 Å². The van der Waals surface area contributed by atoms with Gasteiger partial charge in [0.25, 0.3) is 0 Å². The van der Waals surface area contributed by atoms with Gasteiger partial charge in [0.05, 0.1) is 24.2 Å². The molecule has 1 saturated heterocycles. The summed E-state index contributed by atoms with van der Waals surface area (Å²) in [6.45, 7) is 1.88. The van der Waals surface area contributed by atoms with Crippen LogP contribution >= 0.6 is 0 Å². The van der Waals surface area contributed by atoms with E-state index < -0.39 is 29.0 Å². The highest BCUT2D eigenvalue weighted by Crippen LogP contribution is 2.65. The van der Waals surface area contributed by atoms with Crippen LogP contribution in [0.15, 0.2) is 24.3 Å². The van der Waals surface area contributed by atoms with Crippen LogP contribution in [-0.2, 0) is 26.2 Å². The average Bonchev–Trinajstić information content (AvgIpc) is 3.54. The van der Waals surface area contributed by atoms with E-state index in [4.69, 9.17) is 4.74 Å². The third kappa shape index (κ3) is 2.89. The minimum absolute atomic E-state index is 0.00295. The van der Waals surface area contributed by atoms with E-state index in [2.05, 4.69) is 15.0 Å². The van der Waals surface area contributed by atoms with Crippen LogP contribution in [0.1, 0.15) is 43.2 Å². The molecule has 176 valence electrons. The first kappa shape index (κ1) is 21.0. The van der Waals surface area contributed by atoms with Crippen LogP contribution in [0.25, 0.3) is 0 Å². The van der Waals surface area contributed by atoms with E-state index in [-0.39, 0.29) is 17.8 Å². The number of rotatable bonds is 5. The van der Waals surface area contributed by atoms with Crippen LogP contribution in [0.5, 0.6) is 11.5 Å². The summed E-state index contributed by atoms with van der Waals surface area (Å²) in [4.78, 5) is 26.4. The lowest BCUT2D eigenvalue weighted by Crippen LogP contribution is -2.78. The van der Waals surface area contributed by atoms with Crippen LogP contribution in [0, 0.1) is 5.92 Å². The fraction of sp³-hybridized carbons (Fsp3) is 0.600. The molecule has 3 N–H and O–H groups in total. The third-order valence-corrected chi connectivity index (χ3v) is 8.66. The number of nitrogens with one attached hydrogen (secondary N) is 1. The number of hydrogen-bond acceptors (Lipinski definition) is 7. The standard InChI is InChI=1S/C25H30N2O6/c1-32-20(30)7-6-19(29)26-16-8-9-25(31)18-12-15-4-5-17(28)22-21(15)24(25,23(16)33-22)10-11-27(18)13-14-2-3-14/h4-7,14,16,18,23,28,31H,2-3,8-13H2,1H3,(H,26,29)/b7-6+/t16-,18+,23-,24-,25-/m0/s1. The molecule has 5 atom stereocenters. The highest BCUT2D eigenvalue weighted by Gasteiger charge is 2.73. The van der Waals surface area contributed by atoms with Gasteiger partial charge in [0.15, 0.2) is 11.5 Å². The summed E-state index contributed by atoms with van der Waals surface area (Å²) in [5, 5.41) is 26.0. The largest absolute Gasteiger partial charge is 0.504 e. The van der Waals surface area contributed by atoms with Crippen molar-refractivity contribution in [3.8, 4) is 11.5 Å². The van der Waals surface area contributed by atoms with Crippen molar-refractivity contribution in [1.82, 2.24) is 10.2 Å². The molecule has 1 aromatic carbocycles. The molecule has 1 amide bonds. The molecule has 2 heterocycles. The van der Waals surface area contributed by atoms with Crippen molar-refractivity contribution in [2.24, 2.45) is 5.92 Å². The van der Waals surface area contributed by atoms with Gasteiger partial charge in [0.2, 0.25) is 5.91 Å². The normalized spacial score (nSPS) is 36.2. The molecule has 33 heavy (non-hydrogen) atoms. The van der Waals surface area contributed by atoms with Crippen LogP contribution in [0.3, 0.4) is 0 Å². The number of hydrogen-bond donors (Lipinski definition) is 3. The Labute approximate surface area is 192 Å². The molecule has 0 aromatic heterocycles. The average molecular weight is 455 g/mol. The first-order valence-corrected chi connectivity index (χ1v) is 11.9. The van der Waals surface area contributed by atoms with Gasteiger partial charge < -0.3 is 25.0 Å². The number of benzene rings is 1. The highest BCUT2D eigenvalue weighted by molar-refractivity contribution is 5.94. The molecule has 8 heteroatoms. The molecule has 2 saturated carbocycles. The number of aliphatic hydroxyl groups is 1. The molecule has 3 aliphatic carbocycles. The Morgan fingerprint density at radius 1 is 1.27 bits per heavy atom. The Bertz CT molecular complexity index is 1050. The molecule has 2 aliphatic heterocycles. The molecule has 1 aromatic rings. The molecule has 0 radical (unpaired) electrons. The summed E-state index contributed by atoms with van der Waals surface area (Å²) in [5.74, 6) is 0.256. The Morgan fingerprint density at radius 2 is 2.09 bits per heavy atom. The predicted octanol–water partition coefficient (Wildman–Crippen LogP) is 1.17. The maximum absolute atomic E-state index is 12.6. The Kier molecular flexibility index (Phi) is 4.58. The van der Waals surface area contributed by atoms with Gasteiger partial charge in [-0.3, -0.25) is 9.69 Å². The summed E-state index contributed by atoms with van der Waals surface area (Å²) in [6, 6.07) is 3.29. The van der Waals surface area contributed by atoms with Crippen LogP contribution in [-0.4, -0.2) is 71.0 Å². The van der Waals surface area contributed by atoms with E-state index in [1.165, 1.54) is 20.0 Å². The third-order valence-electron chi connectivity index (χ3n) is 8.66. The van der Waals surface area contributed by atoms with Crippen molar-refractivity contribution in [3.05, 3.63) is 35.4 Å². The second-order valence-corrected chi connectivity index (χ2v) is 10.3. The lowest BCUT2D eigenvalue weighted by Gasteiger charge is -2.64. The molecular formula is C25H30N2O6. The summed E-state index contributed by atoms with van der Waals surface area (Å²) in [6.07, 6.45) is 6.84. The quantitative estimate of drug-likeness (QED) is 0.453. The van der Waals surface area contributed by atoms with Gasteiger partial charge in [-0.1, -0.05) is 6.07 Å². The van der Waals surface area contributed by atoms with Gasteiger partial charge >= 0.3 is 5.97 Å². The minimum Gasteiger partial charge on any atom is -0.504 e. The van der Waals surface area contributed by atoms with E-state index in [1.807, 2.05) is 6.07 Å². The Morgan fingerprint density at radius 3 is 2.85 bits per heavy atom. The van der Waals surface area contributed by atoms with Gasteiger partial charge in [-0.25, -0.2) is 4.79 Å². The van der Waals surface area contributed by atoms with E-state index in [0.717, 1.165) is 48.7 Å². The summed E-state index contributed by atoms with van der Waals surface area (Å²) >= 11 is 0. The van der Waals surface area contributed by atoms with Gasteiger partial charge in [-0.15, -0.1) is 0 Å². The zero-order valence-electron chi connectivity index (χ0n) is 18.8. The summed E-state index contributed by atoms with van der Waals surface area (Å²) < 4.78 is 11.0. The van der Waals surface area contributed by atoms with Crippen LogP contribution in [0.2, 0.25) is 0 Å². The second-order valence-electron chi connectivity index (χ2n) is 10.3. The molecule has 8 nitrogen and oxygen atoms in total. The predicted molar refractivity (Wildman–Crippen MR) is 118 cm³/mol. The van der Waals surface area contributed by atoms with E-state index in [9.17, 15) is 19.8 Å². The molecule has 3 fully saturated rings. The molecular weight excluding hydrogens is 424 g/mol. The number of amides is 1. The Balaban J connectivity index is 1.38. The lowest BCUT2D eigenvalue weighted by atomic mass is 9.48. The monoisotopic (exact) mass is 454 g/mol. The number of piperidine rings is 1. The highest BCUT2D eigenvalue weighted by atomic mass is 16.5. The summed E-state index contributed by atoms with van der Waals surface area (Å²) in [7, 11) is 1.26. The number of esters is 1. The summed E-state index contributed by atoms with van der Waals surface area (Å²) in [5.41, 5.74) is 0.390. The molecule has 5 aliphatic rings. The van der Waals surface area contributed by atoms with Gasteiger partial charge in [0, 0.05) is 30.3 Å². The minimum atomic E-state index is -0.986. The first-order chi connectivity index (χ1) is 15.9. The van der Waals surface area contributed by atoms with Crippen molar-refractivity contribution in [2.45, 2.75) is 67.7 Å². The van der Waals surface area contributed by atoms with E-state index in [1.54, 1.807) is 6.07 Å². The number of likely N-dealkylation sites (tertiary alicyclic amines) is 1. The number of phenolic OH excluding ortho intramolecular Hbond substituents is 1. The number of carbonyl (C=O) groups excluding carboxylic acids is 2. The van der Waals surface area contributed by atoms with Gasteiger partial charge in [-0.05, 0) is 62.6 Å². The maximum atomic E-state index is 12.6. The molecule has 1 spiro atoms. The molecule has 2 bridgehead atoms.